The summed E-state index contributed by atoms with van der Waals surface area (Å²) in [4.78, 5) is 10.9. The summed E-state index contributed by atoms with van der Waals surface area (Å²) in [6, 6.07) is 5.42. The fraction of sp³-hybridized carbons (Fsp3) is 0.308. The Balaban J connectivity index is 2.74. The van der Waals surface area contributed by atoms with E-state index in [1.165, 1.54) is 0 Å². The van der Waals surface area contributed by atoms with Gasteiger partial charge in [0, 0.05) is 17.7 Å². The molecule has 2 aromatic rings. The number of rotatable bonds is 4. The Morgan fingerprint density at radius 3 is 2.78 bits per heavy atom. The van der Waals surface area contributed by atoms with E-state index in [2.05, 4.69) is 0 Å². The smallest absolute Gasteiger partial charge is 0.323 e. The summed E-state index contributed by atoms with van der Waals surface area (Å²) >= 11 is 6.18. The van der Waals surface area contributed by atoms with E-state index in [0.29, 0.717) is 11.4 Å². The highest BCUT2D eigenvalue weighted by Gasteiger charge is 2.17. The Morgan fingerprint density at radius 2 is 2.17 bits per heavy atom. The molecule has 2 rings (SSSR count). The van der Waals surface area contributed by atoms with E-state index in [1.807, 2.05) is 13.0 Å². The standard InChI is InChI=1S/C13H14ClNO3/c1-8-9(5-6-16)13-10(14)3-2-4-11(13)15(8)7-12(17)18/h2-4,16H,5-7H2,1H3,(H,17,18). The first kappa shape index (κ1) is 12.9. The van der Waals surface area contributed by atoms with Gasteiger partial charge in [-0.3, -0.25) is 4.79 Å². The summed E-state index contributed by atoms with van der Waals surface area (Å²) in [6.07, 6.45) is 0.471. The Bertz CT molecular complexity index is 604. The van der Waals surface area contributed by atoms with Gasteiger partial charge < -0.3 is 14.8 Å². The van der Waals surface area contributed by atoms with E-state index in [0.717, 1.165) is 22.2 Å². The van der Waals surface area contributed by atoms with Crippen LogP contribution in [0.3, 0.4) is 0 Å². The van der Waals surface area contributed by atoms with Gasteiger partial charge in [-0.2, -0.15) is 0 Å². The first-order valence-corrected chi connectivity index (χ1v) is 6.03. The molecular formula is C13H14ClNO3. The molecule has 96 valence electrons. The summed E-state index contributed by atoms with van der Waals surface area (Å²) in [6.45, 7) is 1.76. The maximum Gasteiger partial charge on any atom is 0.323 e. The van der Waals surface area contributed by atoms with Crippen LogP contribution in [0, 0.1) is 6.92 Å². The molecule has 0 aliphatic heterocycles. The zero-order valence-electron chi connectivity index (χ0n) is 9.98. The van der Waals surface area contributed by atoms with Crippen LogP contribution in [-0.4, -0.2) is 27.4 Å². The number of aromatic nitrogens is 1. The molecule has 0 unspecified atom stereocenters. The lowest BCUT2D eigenvalue weighted by atomic mass is 10.1. The number of carboxylic acids is 1. The highest BCUT2D eigenvalue weighted by Crippen LogP contribution is 2.32. The molecule has 1 aromatic heterocycles. The fourth-order valence-corrected chi connectivity index (χ4v) is 2.60. The number of aliphatic hydroxyl groups excluding tert-OH is 1. The van der Waals surface area contributed by atoms with Crippen LogP contribution in [0.4, 0.5) is 0 Å². The van der Waals surface area contributed by atoms with E-state index >= 15 is 0 Å². The van der Waals surface area contributed by atoms with E-state index in [1.54, 1.807) is 16.7 Å². The Morgan fingerprint density at radius 1 is 1.44 bits per heavy atom. The van der Waals surface area contributed by atoms with E-state index in [4.69, 9.17) is 21.8 Å². The van der Waals surface area contributed by atoms with Gasteiger partial charge in [-0.25, -0.2) is 0 Å². The molecule has 2 N–H and O–H groups in total. The molecule has 0 atom stereocenters. The van der Waals surface area contributed by atoms with Crippen molar-refractivity contribution in [3.05, 3.63) is 34.5 Å². The van der Waals surface area contributed by atoms with Crippen molar-refractivity contribution in [3.8, 4) is 0 Å². The van der Waals surface area contributed by atoms with Crippen molar-refractivity contribution in [3.63, 3.8) is 0 Å². The van der Waals surface area contributed by atoms with Crippen molar-refractivity contribution in [2.75, 3.05) is 6.61 Å². The first-order valence-electron chi connectivity index (χ1n) is 5.65. The van der Waals surface area contributed by atoms with Crippen molar-refractivity contribution in [1.29, 1.82) is 0 Å². The number of carboxylic acid groups (broad SMARTS) is 1. The molecule has 0 bridgehead atoms. The second-order valence-corrected chi connectivity index (χ2v) is 4.56. The van der Waals surface area contributed by atoms with Crippen molar-refractivity contribution < 1.29 is 15.0 Å². The molecule has 5 heteroatoms. The molecule has 0 radical (unpaired) electrons. The van der Waals surface area contributed by atoms with Crippen LogP contribution in [0.1, 0.15) is 11.3 Å². The van der Waals surface area contributed by atoms with Crippen molar-refractivity contribution >= 4 is 28.5 Å². The predicted octanol–water partition coefficient (Wildman–Crippen LogP) is 2.22. The molecule has 1 aromatic carbocycles. The highest BCUT2D eigenvalue weighted by molar-refractivity contribution is 6.35. The largest absolute Gasteiger partial charge is 0.480 e. The minimum atomic E-state index is -0.898. The van der Waals surface area contributed by atoms with Gasteiger partial charge in [-0.05, 0) is 31.0 Å². The number of fused-ring (bicyclic) bond motifs is 1. The summed E-state index contributed by atoms with van der Waals surface area (Å²) < 4.78 is 1.72. The number of aliphatic carboxylic acids is 1. The third-order valence-electron chi connectivity index (χ3n) is 3.08. The van der Waals surface area contributed by atoms with Gasteiger partial charge in [0.2, 0.25) is 0 Å². The molecule has 0 spiro atoms. The number of nitrogens with zero attached hydrogens (tertiary/aromatic N) is 1. The monoisotopic (exact) mass is 267 g/mol. The van der Waals surface area contributed by atoms with Gasteiger partial charge >= 0.3 is 5.97 Å². The maximum absolute atomic E-state index is 10.9. The summed E-state index contributed by atoms with van der Waals surface area (Å²) in [7, 11) is 0. The van der Waals surface area contributed by atoms with Gasteiger partial charge in [0.05, 0.1) is 10.5 Å². The average molecular weight is 268 g/mol. The lowest BCUT2D eigenvalue weighted by Crippen LogP contribution is -2.10. The number of hydrogen-bond acceptors (Lipinski definition) is 2. The second kappa shape index (κ2) is 5.00. The third-order valence-corrected chi connectivity index (χ3v) is 3.40. The zero-order valence-corrected chi connectivity index (χ0v) is 10.7. The maximum atomic E-state index is 10.9. The molecule has 18 heavy (non-hydrogen) atoms. The lowest BCUT2D eigenvalue weighted by Gasteiger charge is -2.04. The number of carbonyl (C=O) groups is 1. The third kappa shape index (κ3) is 2.09. The topological polar surface area (TPSA) is 62.5 Å². The van der Waals surface area contributed by atoms with Gasteiger partial charge in [0.25, 0.3) is 0 Å². The van der Waals surface area contributed by atoms with Crippen molar-refractivity contribution in [2.24, 2.45) is 0 Å². The Hall–Kier alpha value is -1.52. The number of aliphatic hydroxyl groups is 1. The van der Waals surface area contributed by atoms with Gasteiger partial charge in [0.1, 0.15) is 6.54 Å². The van der Waals surface area contributed by atoms with Crippen molar-refractivity contribution in [1.82, 2.24) is 4.57 Å². The molecular weight excluding hydrogens is 254 g/mol. The van der Waals surface area contributed by atoms with Crippen LogP contribution in [0.2, 0.25) is 5.02 Å². The van der Waals surface area contributed by atoms with Gasteiger partial charge in [0.15, 0.2) is 0 Å². The van der Waals surface area contributed by atoms with Crippen LogP contribution in [0.15, 0.2) is 18.2 Å². The molecule has 0 aliphatic rings. The van der Waals surface area contributed by atoms with Crippen LogP contribution in [0.25, 0.3) is 10.9 Å². The molecule has 0 amide bonds. The Labute approximate surface area is 109 Å². The molecule has 4 nitrogen and oxygen atoms in total. The molecule has 0 aliphatic carbocycles. The van der Waals surface area contributed by atoms with Gasteiger partial charge in [-0.1, -0.05) is 17.7 Å². The number of hydrogen-bond donors (Lipinski definition) is 2. The fourth-order valence-electron chi connectivity index (χ4n) is 2.32. The van der Waals surface area contributed by atoms with E-state index in [-0.39, 0.29) is 13.2 Å². The SMILES string of the molecule is Cc1c(CCO)c2c(Cl)cccc2n1CC(=O)O. The van der Waals surface area contributed by atoms with E-state index < -0.39 is 5.97 Å². The van der Waals surface area contributed by atoms with Crippen LogP contribution < -0.4 is 0 Å². The molecule has 0 fully saturated rings. The second-order valence-electron chi connectivity index (χ2n) is 4.15. The molecule has 1 heterocycles. The quantitative estimate of drug-likeness (QED) is 0.893. The normalized spacial score (nSPS) is 11.1. The van der Waals surface area contributed by atoms with Crippen molar-refractivity contribution in [2.45, 2.75) is 19.9 Å². The minimum Gasteiger partial charge on any atom is -0.480 e. The predicted molar refractivity (Wildman–Crippen MR) is 70.1 cm³/mol. The van der Waals surface area contributed by atoms with Crippen LogP contribution >= 0.6 is 11.6 Å². The summed E-state index contributed by atoms with van der Waals surface area (Å²) in [5.74, 6) is -0.898. The highest BCUT2D eigenvalue weighted by atomic mass is 35.5. The Kier molecular flexibility index (Phi) is 3.59. The van der Waals surface area contributed by atoms with Crippen LogP contribution in [0.5, 0.6) is 0 Å². The molecule has 0 saturated carbocycles. The average Bonchev–Trinajstić information content (AvgIpc) is 2.56. The lowest BCUT2D eigenvalue weighted by molar-refractivity contribution is -0.137. The number of halogens is 1. The molecule has 0 saturated heterocycles. The number of benzene rings is 1. The van der Waals surface area contributed by atoms with Gasteiger partial charge in [-0.15, -0.1) is 0 Å². The van der Waals surface area contributed by atoms with Crippen LogP contribution in [-0.2, 0) is 17.8 Å². The summed E-state index contributed by atoms with van der Waals surface area (Å²) in [5.41, 5.74) is 2.56. The first-order chi connectivity index (χ1) is 8.56. The van der Waals surface area contributed by atoms with E-state index in [9.17, 15) is 4.79 Å². The zero-order chi connectivity index (χ0) is 13.3. The summed E-state index contributed by atoms with van der Waals surface area (Å²) in [5, 5.41) is 19.5. The minimum absolute atomic E-state index is 0.0122.